The molecule has 1 unspecified atom stereocenters. The third kappa shape index (κ3) is 22.0. The molecule has 0 aliphatic rings. The summed E-state index contributed by atoms with van der Waals surface area (Å²) in [4.78, 5) is 12.3. The van der Waals surface area contributed by atoms with Crippen LogP contribution in [-0.2, 0) is 9.53 Å². The Balaban J connectivity index is 3.91. The Hall–Kier alpha value is -0.530. The van der Waals surface area contributed by atoms with Crippen molar-refractivity contribution in [1.29, 1.82) is 0 Å². The Morgan fingerprint density at radius 2 is 0.862 bits per heavy atom. The molecule has 1 atom stereocenters. The van der Waals surface area contributed by atoms with Crippen molar-refractivity contribution in [3.05, 3.63) is 0 Å². The fourth-order valence-electron chi connectivity index (χ4n) is 4.04. The molecule has 0 amide bonds. The fraction of sp³-hybridized carbons (Fsp3) is 0.963. The molecule has 0 rings (SSSR count). The van der Waals surface area contributed by atoms with Gasteiger partial charge in [0.25, 0.3) is 0 Å². The van der Waals surface area contributed by atoms with Gasteiger partial charge in [-0.3, -0.25) is 4.79 Å². The van der Waals surface area contributed by atoms with Gasteiger partial charge in [0.1, 0.15) is 6.10 Å². The van der Waals surface area contributed by atoms with Crippen LogP contribution in [0.4, 0.5) is 0 Å². The Morgan fingerprint density at radius 3 is 1.31 bits per heavy atom. The van der Waals surface area contributed by atoms with Crippen LogP contribution in [0.15, 0.2) is 0 Å². The molecule has 0 heterocycles. The van der Waals surface area contributed by atoms with Crippen molar-refractivity contribution in [3.8, 4) is 0 Å². The largest absolute Gasteiger partial charge is 0.462 e. The SMILES string of the molecule is CCCCCCCCCCC(CCCCCC)OC(=O)CCCCCCCCC. The van der Waals surface area contributed by atoms with Gasteiger partial charge in [0.15, 0.2) is 0 Å². The van der Waals surface area contributed by atoms with Crippen LogP contribution < -0.4 is 0 Å². The number of rotatable bonds is 23. The number of carbonyl (C=O) groups is 1. The smallest absolute Gasteiger partial charge is 0.306 e. The predicted molar refractivity (Wildman–Crippen MR) is 128 cm³/mol. The Morgan fingerprint density at radius 1 is 0.517 bits per heavy atom. The molecule has 0 saturated heterocycles. The number of carbonyl (C=O) groups excluding carboxylic acids is 1. The Kier molecular flexibility index (Phi) is 23.3. The summed E-state index contributed by atoms with van der Waals surface area (Å²) in [7, 11) is 0. The number of ether oxygens (including phenoxy) is 1. The first-order valence-corrected chi connectivity index (χ1v) is 13.4. The van der Waals surface area contributed by atoms with Gasteiger partial charge >= 0.3 is 5.97 Å². The maximum atomic E-state index is 12.3. The van der Waals surface area contributed by atoms with Gasteiger partial charge in [-0.15, -0.1) is 0 Å². The Bertz CT molecular complexity index is 326. The van der Waals surface area contributed by atoms with E-state index in [1.54, 1.807) is 0 Å². The molecule has 0 spiro atoms. The average Bonchev–Trinajstić information content (AvgIpc) is 2.72. The van der Waals surface area contributed by atoms with Gasteiger partial charge in [0, 0.05) is 6.42 Å². The van der Waals surface area contributed by atoms with Gasteiger partial charge in [0.05, 0.1) is 0 Å². The highest BCUT2D eigenvalue weighted by atomic mass is 16.5. The van der Waals surface area contributed by atoms with E-state index in [0.29, 0.717) is 6.42 Å². The van der Waals surface area contributed by atoms with Crippen LogP contribution in [0.25, 0.3) is 0 Å². The minimum atomic E-state index is 0.0543. The molecule has 0 saturated carbocycles. The summed E-state index contributed by atoms with van der Waals surface area (Å²) >= 11 is 0. The number of hydrogen-bond donors (Lipinski definition) is 0. The molecular weight excluding hydrogens is 356 g/mol. The zero-order valence-electron chi connectivity index (χ0n) is 20.5. The van der Waals surface area contributed by atoms with E-state index in [1.807, 2.05) is 0 Å². The van der Waals surface area contributed by atoms with Crippen molar-refractivity contribution in [3.63, 3.8) is 0 Å². The predicted octanol–water partition coefficient (Wildman–Crippen LogP) is 9.54. The van der Waals surface area contributed by atoms with Crippen LogP contribution in [0.3, 0.4) is 0 Å². The van der Waals surface area contributed by atoms with Gasteiger partial charge < -0.3 is 4.74 Å². The minimum absolute atomic E-state index is 0.0543. The third-order valence-corrected chi connectivity index (χ3v) is 6.04. The van der Waals surface area contributed by atoms with E-state index in [1.165, 1.54) is 116 Å². The molecule has 2 heteroatoms. The average molecular weight is 411 g/mol. The molecule has 0 aliphatic heterocycles. The highest BCUT2D eigenvalue weighted by Gasteiger charge is 2.14. The van der Waals surface area contributed by atoms with Crippen LogP contribution >= 0.6 is 0 Å². The molecule has 0 aromatic carbocycles. The molecule has 0 aromatic rings. The topological polar surface area (TPSA) is 26.3 Å². The highest BCUT2D eigenvalue weighted by molar-refractivity contribution is 5.69. The van der Waals surface area contributed by atoms with E-state index >= 15 is 0 Å². The lowest BCUT2D eigenvalue weighted by Crippen LogP contribution is -2.18. The molecular formula is C27H54O2. The van der Waals surface area contributed by atoms with Crippen LogP contribution in [0, 0.1) is 0 Å². The second kappa shape index (κ2) is 23.7. The van der Waals surface area contributed by atoms with Crippen LogP contribution in [0.1, 0.15) is 162 Å². The molecule has 2 nitrogen and oxygen atoms in total. The summed E-state index contributed by atoms with van der Waals surface area (Å²) in [6.45, 7) is 6.78. The highest BCUT2D eigenvalue weighted by Crippen LogP contribution is 2.18. The van der Waals surface area contributed by atoms with E-state index in [0.717, 1.165) is 19.3 Å². The molecule has 0 fully saturated rings. The summed E-state index contributed by atoms with van der Waals surface area (Å²) in [5, 5.41) is 0. The van der Waals surface area contributed by atoms with Crippen LogP contribution in [-0.4, -0.2) is 12.1 Å². The first kappa shape index (κ1) is 28.5. The summed E-state index contributed by atoms with van der Waals surface area (Å²) in [6, 6.07) is 0. The van der Waals surface area contributed by atoms with Crippen LogP contribution in [0.5, 0.6) is 0 Å². The maximum Gasteiger partial charge on any atom is 0.306 e. The monoisotopic (exact) mass is 410 g/mol. The molecule has 174 valence electrons. The molecule has 29 heavy (non-hydrogen) atoms. The standard InChI is InChI=1S/C27H54O2/c1-4-7-10-13-15-17-18-21-24-26(23-20-12-9-6-3)29-27(28)25-22-19-16-14-11-8-5-2/h26H,4-25H2,1-3H3. The van der Waals surface area contributed by atoms with Crippen molar-refractivity contribution < 1.29 is 9.53 Å². The second-order valence-corrected chi connectivity index (χ2v) is 9.10. The number of unbranched alkanes of at least 4 members (excludes halogenated alkanes) is 16. The summed E-state index contributed by atoms with van der Waals surface area (Å²) in [6.07, 6.45) is 27.5. The molecule has 0 aromatic heterocycles. The molecule has 0 aliphatic carbocycles. The first-order valence-electron chi connectivity index (χ1n) is 13.4. The lowest BCUT2D eigenvalue weighted by Gasteiger charge is -2.18. The third-order valence-electron chi connectivity index (χ3n) is 6.04. The molecule has 0 radical (unpaired) electrons. The van der Waals surface area contributed by atoms with Crippen molar-refractivity contribution in [2.75, 3.05) is 0 Å². The fourth-order valence-corrected chi connectivity index (χ4v) is 4.04. The lowest BCUT2D eigenvalue weighted by molar-refractivity contribution is -0.150. The van der Waals surface area contributed by atoms with Gasteiger partial charge in [-0.05, 0) is 32.1 Å². The van der Waals surface area contributed by atoms with E-state index in [9.17, 15) is 4.79 Å². The quantitative estimate of drug-likeness (QED) is 0.124. The minimum Gasteiger partial charge on any atom is -0.462 e. The maximum absolute atomic E-state index is 12.3. The van der Waals surface area contributed by atoms with Crippen molar-refractivity contribution in [2.45, 2.75) is 168 Å². The summed E-state index contributed by atoms with van der Waals surface area (Å²) in [5.41, 5.74) is 0. The molecule has 0 bridgehead atoms. The second-order valence-electron chi connectivity index (χ2n) is 9.10. The van der Waals surface area contributed by atoms with Gasteiger partial charge in [-0.1, -0.05) is 124 Å². The van der Waals surface area contributed by atoms with Gasteiger partial charge in [-0.2, -0.15) is 0 Å². The first-order chi connectivity index (χ1) is 14.2. The van der Waals surface area contributed by atoms with E-state index in [2.05, 4.69) is 20.8 Å². The lowest BCUT2D eigenvalue weighted by atomic mass is 10.0. The van der Waals surface area contributed by atoms with Crippen molar-refractivity contribution >= 4 is 5.97 Å². The molecule has 0 N–H and O–H groups in total. The number of esters is 1. The van der Waals surface area contributed by atoms with Gasteiger partial charge in [0.2, 0.25) is 0 Å². The summed E-state index contributed by atoms with van der Waals surface area (Å²) in [5.74, 6) is 0.0543. The van der Waals surface area contributed by atoms with E-state index in [-0.39, 0.29) is 12.1 Å². The normalized spacial score (nSPS) is 12.2. The van der Waals surface area contributed by atoms with E-state index in [4.69, 9.17) is 4.74 Å². The zero-order valence-corrected chi connectivity index (χ0v) is 20.5. The summed E-state index contributed by atoms with van der Waals surface area (Å²) < 4.78 is 5.90. The number of hydrogen-bond acceptors (Lipinski definition) is 2. The van der Waals surface area contributed by atoms with Gasteiger partial charge in [-0.25, -0.2) is 0 Å². The van der Waals surface area contributed by atoms with Crippen molar-refractivity contribution in [2.24, 2.45) is 0 Å². The Labute approximate surface area is 184 Å². The van der Waals surface area contributed by atoms with Crippen molar-refractivity contribution in [1.82, 2.24) is 0 Å². The van der Waals surface area contributed by atoms with Crippen LogP contribution in [0.2, 0.25) is 0 Å². The van der Waals surface area contributed by atoms with E-state index < -0.39 is 0 Å². The zero-order chi connectivity index (χ0) is 21.4.